The number of rotatable bonds is 3. The summed E-state index contributed by atoms with van der Waals surface area (Å²) in [6.07, 6.45) is 4.42. The van der Waals surface area contributed by atoms with E-state index in [1.54, 1.807) is 6.20 Å². The number of hydrogen-bond donors (Lipinski definition) is 1. The molecule has 84 valence electrons. The van der Waals surface area contributed by atoms with Crippen LogP contribution in [0.25, 0.3) is 11.4 Å². The van der Waals surface area contributed by atoms with Gasteiger partial charge in [0, 0.05) is 19.7 Å². The largest absolute Gasteiger partial charge is 0.349 e. The molecule has 0 bridgehead atoms. The Labute approximate surface area is 94.3 Å². The Bertz CT molecular complexity index is 452. The van der Waals surface area contributed by atoms with Gasteiger partial charge in [-0.2, -0.15) is 0 Å². The quantitative estimate of drug-likeness (QED) is 0.821. The van der Waals surface area contributed by atoms with Gasteiger partial charge in [-0.1, -0.05) is 0 Å². The highest BCUT2D eigenvalue weighted by Crippen LogP contribution is 2.20. The molecule has 0 aliphatic carbocycles. The van der Waals surface area contributed by atoms with E-state index in [0.29, 0.717) is 18.8 Å². The maximum atomic E-state index is 5.43. The van der Waals surface area contributed by atoms with E-state index in [-0.39, 0.29) is 0 Å². The molecule has 0 amide bonds. The third-order valence-electron chi connectivity index (χ3n) is 2.49. The Morgan fingerprint density at radius 1 is 1.38 bits per heavy atom. The first-order valence-corrected chi connectivity index (χ1v) is 5.23. The zero-order chi connectivity index (χ0) is 11.5. The number of aromatic nitrogens is 4. The molecule has 0 saturated carbocycles. The van der Waals surface area contributed by atoms with Crippen LogP contribution in [0.4, 0.5) is 0 Å². The molecular weight excluding hydrogens is 202 g/mol. The molecule has 0 aromatic carbocycles. The number of nitrogens with two attached hydrogens (primary N) is 1. The lowest BCUT2D eigenvalue weighted by Crippen LogP contribution is -2.08. The van der Waals surface area contributed by atoms with Crippen LogP contribution >= 0.6 is 0 Å². The second kappa shape index (κ2) is 4.40. The second-order valence-corrected chi connectivity index (χ2v) is 3.76. The van der Waals surface area contributed by atoms with Crippen LogP contribution in [0.3, 0.4) is 0 Å². The summed E-state index contributed by atoms with van der Waals surface area (Å²) in [5, 5.41) is 8.22. The van der Waals surface area contributed by atoms with E-state index < -0.39 is 0 Å². The van der Waals surface area contributed by atoms with Crippen molar-refractivity contribution in [1.82, 2.24) is 19.7 Å². The smallest absolute Gasteiger partial charge is 0.152 e. The Morgan fingerprint density at radius 3 is 2.69 bits per heavy atom. The zero-order valence-electron chi connectivity index (χ0n) is 9.51. The molecule has 2 aromatic rings. The van der Waals surface area contributed by atoms with Gasteiger partial charge in [0.1, 0.15) is 5.69 Å². The molecule has 0 spiro atoms. The van der Waals surface area contributed by atoms with Crippen molar-refractivity contribution in [3.8, 4) is 11.4 Å². The van der Waals surface area contributed by atoms with E-state index in [1.807, 2.05) is 30.8 Å². The van der Waals surface area contributed by atoms with E-state index in [0.717, 1.165) is 11.4 Å². The van der Waals surface area contributed by atoms with Gasteiger partial charge >= 0.3 is 0 Å². The molecule has 16 heavy (non-hydrogen) atoms. The summed E-state index contributed by atoms with van der Waals surface area (Å²) >= 11 is 0. The molecule has 2 rings (SSSR count). The molecule has 2 aromatic heterocycles. The van der Waals surface area contributed by atoms with Crippen LogP contribution in [0.5, 0.6) is 0 Å². The zero-order valence-corrected chi connectivity index (χ0v) is 9.51. The van der Waals surface area contributed by atoms with E-state index >= 15 is 0 Å². The molecule has 2 N–H and O–H groups in total. The Balaban J connectivity index is 2.35. The van der Waals surface area contributed by atoms with E-state index in [9.17, 15) is 0 Å². The molecule has 0 saturated heterocycles. The van der Waals surface area contributed by atoms with Gasteiger partial charge in [0.15, 0.2) is 5.82 Å². The maximum Gasteiger partial charge on any atom is 0.152 e. The minimum atomic E-state index is 0.546. The summed E-state index contributed by atoms with van der Waals surface area (Å²) < 4.78 is 2.02. The normalized spacial score (nSPS) is 10.7. The molecule has 0 atom stereocenters. The average molecular weight is 217 g/mol. The molecule has 5 heteroatoms. The van der Waals surface area contributed by atoms with E-state index in [2.05, 4.69) is 15.2 Å². The lowest BCUT2D eigenvalue weighted by molar-refractivity contribution is 0.806. The third-order valence-corrected chi connectivity index (χ3v) is 2.49. The Morgan fingerprint density at radius 2 is 2.19 bits per heavy atom. The number of aryl methyl sites for hydroxylation is 2. The molecule has 5 nitrogen and oxygen atoms in total. The van der Waals surface area contributed by atoms with Gasteiger partial charge in [0.25, 0.3) is 0 Å². The van der Waals surface area contributed by atoms with Gasteiger partial charge in [-0.3, -0.25) is 0 Å². The number of nitrogens with zero attached hydrogens (tertiary/aromatic N) is 4. The molecule has 2 heterocycles. The van der Waals surface area contributed by atoms with Crippen molar-refractivity contribution >= 4 is 0 Å². The van der Waals surface area contributed by atoms with Crippen LogP contribution in [-0.4, -0.2) is 26.3 Å². The van der Waals surface area contributed by atoms with Crippen LogP contribution in [0, 0.1) is 6.92 Å². The predicted molar refractivity (Wildman–Crippen MR) is 61.7 cm³/mol. The molecule has 0 radical (unpaired) electrons. The highest BCUT2D eigenvalue weighted by molar-refractivity contribution is 5.58. The fourth-order valence-electron chi connectivity index (χ4n) is 1.69. The van der Waals surface area contributed by atoms with E-state index in [1.165, 1.54) is 5.56 Å². The fraction of sp³-hybridized carbons (Fsp3) is 0.364. The van der Waals surface area contributed by atoms with Crippen LogP contribution < -0.4 is 5.73 Å². The topological polar surface area (TPSA) is 69.6 Å². The van der Waals surface area contributed by atoms with Gasteiger partial charge in [-0.25, -0.2) is 4.98 Å². The lowest BCUT2D eigenvalue weighted by Gasteiger charge is -2.04. The highest BCUT2D eigenvalue weighted by Gasteiger charge is 2.08. The summed E-state index contributed by atoms with van der Waals surface area (Å²) in [6, 6.07) is 2.05. The summed E-state index contributed by atoms with van der Waals surface area (Å²) in [6.45, 7) is 2.59. The summed E-state index contributed by atoms with van der Waals surface area (Å²) in [5.41, 5.74) is 8.45. The molecule has 0 aliphatic rings. The van der Waals surface area contributed by atoms with Gasteiger partial charge in [0.05, 0.1) is 11.9 Å². The first-order valence-electron chi connectivity index (χ1n) is 5.23. The maximum absolute atomic E-state index is 5.43. The van der Waals surface area contributed by atoms with E-state index in [4.69, 9.17) is 5.73 Å². The van der Waals surface area contributed by atoms with Crippen molar-refractivity contribution in [2.24, 2.45) is 12.8 Å². The Kier molecular flexibility index (Phi) is 2.96. The monoisotopic (exact) mass is 217 g/mol. The predicted octanol–water partition coefficient (Wildman–Crippen LogP) is 0.687. The van der Waals surface area contributed by atoms with Crippen molar-refractivity contribution < 1.29 is 0 Å². The Hall–Kier alpha value is -1.75. The third kappa shape index (κ3) is 1.94. The second-order valence-electron chi connectivity index (χ2n) is 3.76. The molecule has 0 unspecified atom stereocenters. The molecular formula is C11H15N5. The summed E-state index contributed by atoms with van der Waals surface area (Å²) in [4.78, 5) is 4.24. The van der Waals surface area contributed by atoms with Crippen molar-refractivity contribution in [2.45, 2.75) is 13.3 Å². The van der Waals surface area contributed by atoms with Gasteiger partial charge < -0.3 is 10.3 Å². The van der Waals surface area contributed by atoms with Crippen LogP contribution in [0.15, 0.2) is 18.5 Å². The first kappa shape index (κ1) is 10.8. The highest BCUT2D eigenvalue weighted by atomic mass is 15.2. The summed E-state index contributed by atoms with van der Waals surface area (Å²) in [7, 11) is 1.98. The molecule has 0 fully saturated rings. The standard InChI is InChI=1S/C11H15N5/c1-8-4-6-16(2)11(8)9-7-13-10(3-5-12)15-14-9/h4,6-7H,3,5,12H2,1-2H3. The van der Waals surface area contributed by atoms with Crippen molar-refractivity contribution in [3.63, 3.8) is 0 Å². The average Bonchev–Trinajstić information content (AvgIpc) is 2.61. The van der Waals surface area contributed by atoms with Crippen LogP contribution in [-0.2, 0) is 13.5 Å². The minimum absolute atomic E-state index is 0.546. The number of hydrogen-bond acceptors (Lipinski definition) is 4. The van der Waals surface area contributed by atoms with Crippen molar-refractivity contribution in [2.75, 3.05) is 6.54 Å². The summed E-state index contributed by atoms with van der Waals surface area (Å²) in [5.74, 6) is 0.693. The van der Waals surface area contributed by atoms with Gasteiger partial charge in [0.2, 0.25) is 0 Å². The van der Waals surface area contributed by atoms with Gasteiger partial charge in [-0.05, 0) is 25.1 Å². The van der Waals surface area contributed by atoms with Crippen LogP contribution in [0.1, 0.15) is 11.4 Å². The van der Waals surface area contributed by atoms with Gasteiger partial charge in [-0.15, -0.1) is 10.2 Å². The SMILES string of the molecule is Cc1ccn(C)c1-c1cnc(CCN)nn1. The van der Waals surface area contributed by atoms with Crippen LogP contribution in [0.2, 0.25) is 0 Å². The lowest BCUT2D eigenvalue weighted by atomic mass is 10.2. The first-order chi connectivity index (χ1) is 7.72. The van der Waals surface area contributed by atoms with Crippen molar-refractivity contribution in [1.29, 1.82) is 0 Å². The van der Waals surface area contributed by atoms with Crippen molar-refractivity contribution in [3.05, 3.63) is 29.8 Å². The fourth-order valence-corrected chi connectivity index (χ4v) is 1.69. The molecule has 0 aliphatic heterocycles. The minimum Gasteiger partial charge on any atom is -0.349 e.